The summed E-state index contributed by atoms with van der Waals surface area (Å²) >= 11 is 1.28. The highest BCUT2D eigenvalue weighted by Crippen LogP contribution is 2.33. The molecular weight excluding hydrogens is 629 g/mol. The number of halogens is 3. The topological polar surface area (TPSA) is 118 Å². The third-order valence-corrected chi connectivity index (χ3v) is 8.65. The molecule has 0 saturated heterocycles. The molecule has 13 heteroatoms. The van der Waals surface area contributed by atoms with E-state index in [1.54, 1.807) is 35.2 Å². The summed E-state index contributed by atoms with van der Waals surface area (Å²) < 4.78 is 51.7. The first-order valence-electron chi connectivity index (χ1n) is 14.5. The summed E-state index contributed by atoms with van der Waals surface area (Å²) in [6.07, 6.45) is -0.926. The number of amides is 1. The van der Waals surface area contributed by atoms with E-state index in [0.717, 1.165) is 34.2 Å². The SMILES string of the molecule is COc1cc2nc(SCc3ccc(C(F)(F)F)cc3)n(CCNC(=O)c3cc4cc(-c5cccnc5)ccc4[nH]3)c(=N)c2cc1OC. The van der Waals surface area contributed by atoms with Crippen LogP contribution in [-0.2, 0) is 18.5 Å². The van der Waals surface area contributed by atoms with Gasteiger partial charge in [-0.1, -0.05) is 36.0 Å². The van der Waals surface area contributed by atoms with E-state index < -0.39 is 11.7 Å². The number of carbonyl (C=O) groups is 1. The predicted octanol–water partition coefficient (Wildman–Crippen LogP) is 6.82. The number of nitrogens with zero attached hydrogens (tertiary/aromatic N) is 3. The normalized spacial score (nSPS) is 11.6. The van der Waals surface area contributed by atoms with E-state index in [2.05, 4.69) is 15.3 Å². The van der Waals surface area contributed by atoms with Crippen molar-refractivity contribution in [2.75, 3.05) is 20.8 Å². The van der Waals surface area contributed by atoms with Crippen LogP contribution in [-0.4, -0.2) is 46.2 Å². The van der Waals surface area contributed by atoms with Crippen molar-refractivity contribution in [2.24, 2.45) is 0 Å². The van der Waals surface area contributed by atoms with E-state index >= 15 is 0 Å². The molecule has 3 aromatic heterocycles. The maximum absolute atomic E-state index is 13.2. The number of pyridine rings is 1. The minimum Gasteiger partial charge on any atom is -0.493 e. The Morgan fingerprint density at radius 3 is 2.47 bits per heavy atom. The molecule has 9 nitrogen and oxygen atoms in total. The van der Waals surface area contributed by atoms with Gasteiger partial charge in [0.25, 0.3) is 5.91 Å². The number of carbonyl (C=O) groups excluding carboxylic acids is 1. The monoisotopic (exact) mass is 658 g/mol. The van der Waals surface area contributed by atoms with Gasteiger partial charge in [0.1, 0.15) is 11.2 Å². The predicted molar refractivity (Wildman–Crippen MR) is 174 cm³/mol. The van der Waals surface area contributed by atoms with Crippen molar-refractivity contribution in [1.82, 2.24) is 24.8 Å². The highest BCUT2D eigenvalue weighted by Gasteiger charge is 2.30. The molecule has 6 rings (SSSR count). The second-order valence-corrected chi connectivity index (χ2v) is 11.5. The molecule has 240 valence electrons. The Kier molecular flexibility index (Phi) is 8.90. The molecule has 6 aromatic rings. The number of alkyl halides is 3. The number of rotatable bonds is 10. The van der Waals surface area contributed by atoms with Gasteiger partial charge in [0.05, 0.1) is 25.3 Å². The van der Waals surface area contributed by atoms with Crippen LogP contribution in [0.1, 0.15) is 21.6 Å². The number of aromatic amines is 1. The zero-order valence-electron chi connectivity index (χ0n) is 25.3. The number of nitrogens with one attached hydrogen (secondary N) is 3. The average molecular weight is 659 g/mol. The van der Waals surface area contributed by atoms with Crippen molar-refractivity contribution in [1.29, 1.82) is 5.41 Å². The van der Waals surface area contributed by atoms with Gasteiger partial charge >= 0.3 is 6.18 Å². The fourth-order valence-electron chi connectivity index (χ4n) is 5.15. The molecule has 3 aromatic carbocycles. The molecule has 3 heterocycles. The maximum atomic E-state index is 13.2. The summed E-state index contributed by atoms with van der Waals surface area (Å²) in [6, 6.07) is 19.8. The van der Waals surface area contributed by atoms with E-state index in [1.807, 2.05) is 30.3 Å². The van der Waals surface area contributed by atoms with E-state index in [0.29, 0.717) is 44.6 Å². The molecular formula is C34H29F3N6O3S. The third-order valence-electron chi connectivity index (χ3n) is 7.60. The molecule has 0 unspecified atom stereocenters. The van der Waals surface area contributed by atoms with Crippen LogP contribution in [0.5, 0.6) is 11.5 Å². The fourth-order valence-corrected chi connectivity index (χ4v) is 6.14. The Hall–Kier alpha value is -5.30. The van der Waals surface area contributed by atoms with Gasteiger partial charge in [-0.25, -0.2) is 4.98 Å². The van der Waals surface area contributed by atoms with Crippen molar-refractivity contribution in [3.8, 4) is 22.6 Å². The second kappa shape index (κ2) is 13.2. The lowest BCUT2D eigenvalue weighted by molar-refractivity contribution is -0.137. The molecule has 47 heavy (non-hydrogen) atoms. The molecule has 3 N–H and O–H groups in total. The first-order chi connectivity index (χ1) is 22.6. The van der Waals surface area contributed by atoms with Crippen LogP contribution in [0.4, 0.5) is 13.2 Å². The molecule has 1 amide bonds. The van der Waals surface area contributed by atoms with E-state index in [1.165, 1.54) is 38.1 Å². The van der Waals surface area contributed by atoms with Gasteiger partial charge in [0, 0.05) is 59.2 Å². The summed E-state index contributed by atoms with van der Waals surface area (Å²) in [5.74, 6) is 0.883. The van der Waals surface area contributed by atoms with Crippen molar-refractivity contribution >= 4 is 39.5 Å². The van der Waals surface area contributed by atoms with Crippen LogP contribution in [0.3, 0.4) is 0 Å². The lowest BCUT2D eigenvalue weighted by Gasteiger charge is -2.16. The Balaban J connectivity index is 1.23. The van der Waals surface area contributed by atoms with Crippen LogP contribution >= 0.6 is 11.8 Å². The number of methoxy groups -OCH3 is 2. The van der Waals surface area contributed by atoms with Crippen LogP contribution < -0.4 is 20.3 Å². The Bertz CT molecular complexity index is 2130. The minimum absolute atomic E-state index is 0.133. The molecule has 0 aliphatic heterocycles. The van der Waals surface area contributed by atoms with Crippen molar-refractivity contribution in [2.45, 2.75) is 23.6 Å². The summed E-state index contributed by atoms with van der Waals surface area (Å²) in [7, 11) is 3.01. The second-order valence-electron chi connectivity index (χ2n) is 10.6. The number of H-pyrrole nitrogens is 1. The zero-order chi connectivity index (χ0) is 33.1. The smallest absolute Gasteiger partial charge is 0.416 e. The molecule has 0 aliphatic carbocycles. The van der Waals surface area contributed by atoms with Crippen LogP contribution in [0.15, 0.2) is 90.3 Å². The summed E-state index contributed by atoms with van der Waals surface area (Å²) in [5.41, 5.74) is 3.72. The molecule has 0 bridgehead atoms. The van der Waals surface area contributed by atoms with E-state index in [4.69, 9.17) is 19.9 Å². The van der Waals surface area contributed by atoms with E-state index in [-0.39, 0.29) is 24.5 Å². The van der Waals surface area contributed by atoms with Gasteiger partial charge in [0.15, 0.2) is 16.7 Å². The van der Waals surface area contributed by atoms with Crippen LogP contribution in [0.25, 0.3) is 32.9 Å². The average Bonchev–Trinajstić information content (AvgIpc) is 3.52. The standard InChI is InChI=1S/C34H29F3N6O3S/c1-45-29-16-25-27(17-30(29)46-2)42-33(47-19-20-5-8-24(9-6-20)34(35,36)37)43(31(25)38)13-12-40-32(44)28-15-23-14-21(7-10-26(23)41-28)22-4-3-11-39-18-22/h3-11,14-18,38,41H,12-13,19H2,1-2H3,(H,40,44). The zero-order valence-corrected chi connectivity index (χ0v) is 26.1. The first-order valence-corrected chi connectivity index (χ1v) is 15.4. The number of benzene rings is 3. The first kappa shape index (κ1) is 31.7. The number of fused-ring (bicyclic) bond motifs is 2. The molecule has 0 saturated carbocycles. The summed E-state index contributed by atoms with van der Waals surface area (Å²) in [5, 5.41) is 13.8. The van der Waals surface area contributed by atoms with Gasteiger partial charge in [-0.3, -0.25) is 15.2 Å². The number of ether oxygens (including phenoxy) is 2. The van der Waals surface area contributed by atoms with Gasteiger partial charge in [-0.2, -0.15) is 13.2 Å². The van der Waals surface area contributed by atoms with Gasteiger partial charge in [-0.15, -0.1) is 0 Å². The van der Waals surface area contributed by atoms with Crippen molar-refractivity contribution < 1.29 is 27.4 Å². The third kappa shape index (κ3) is 6.80. The van der Waals surface area contributed by atoms with Gasteiger partial charge in [-0.05, 0) is 53.6 Å². The summed E-state index contributed by atoms with van der Waals surface area (Å²) in [6.45, 7) is 0.391. The van der Waals surface area contributed by atoms with Crippen LogP contribution in [0.2, 0.25) is 0 Å². The fraction of sp³-hybridized carbons (Fsp3) is 0.176. The lowest BCUT2D eigenvalue weighted by atomic mass is 10.1. The molecule has 0 fully saturated rings. The number of hydrogen-bond acceptors (Lipinski definition) is 7. The van der Waals surface area contributed by atoms with E-state index in [9.17, 15) is 18.0 Å². The Labute approximate surface area is 271 Å². The Morgan fingerprint density at radius 2 is 1.77 bits per heavy atom. The number of hydrogen-bond donors (Lipinski definition) is 3. The minimum atomic E-state index is -4.42. The number of thioether (sulfide) groups is 1. The highest BCUT2D eigenvalue weighted by molar-refractivity contribution is 7.98. The highest BCUT2D eigenvalue weighted by atomic mass is 32.2. The summed E-state index contributed by atoms with van der Waals surface area (Å²) in [4.78, 5) is 25.3. The van der Waals surface area contributed by atoms with Crippen molar-refractivity contribution in [3.63, 3.8) is 0 Å². The van der Waals surface area contributed by atoms with Gasteiger partial charge < -0.3 is 24.3 Å². The Morgan fingerprint density at radius 1 is 1.00 bits per heavy atom. The molecule has 0 aliphatic rings. The number of aromatic nitrogens is 4. The largest absolute Gasteiger partial charge is 0.493 e. The maximum Gasteiger partial charge on any atom is 0.416 e. The lowest BCUT2D eigenvalue weighted by Crippen LogP contribution is -2.32. The molecule has 0 spiro atoms. The van der Waals surface area contributed by atoms with Crippen LogP contribution in [0, 0.1) is 5.41 Å². The van der Waals surface area contributed by atoms with Crippen molar-refractivity contribution in [3.05, 3.63) is 107 Å². The quantitative estimate of drug-likeness (QED) is 0.110. The molecule has 0 atom stereocenters. The molecule has 0 radical (unpaired) electrons. The van der Waals surface area contributed by atoms with Gasteiger partial charge in [0.2, 0.25) is 0 Å².